The number of aryl methyl sites for hydroxylation is 1. The molecule has 0 saturated carbocycles. The summed E-state index contributed by atoms with van der Waals surface area (Å²) in [6, 6.07) is 6.34. The third-order valence-corrected chi connectivity index (χ3v) is 5.14. The van der Waals surface area contributed by atoms with E-state index >= 15 is 0 Å². The van der Waals surface area contributed by atoms with Gasteiger partial charge in [0.1, 0.15) is 5.75 Å². The van der Waals surface area contributed by atoms with E-state index in [0.29, 0.717) is 11.8 Å². The van der Waals surface area contributed by atoms with Crippen LogP contribution in [-0.4, -0.2) is 36.2 Å². The van der Waals surface area contributed by atoms with Gasteiger partial charge >= 0.3 is 0 Å². The van der Waals surface area contributed by atoms with Crippen LogP contribution in [0.3, 0.4) is 0 Å². The van der Waals surface area contributed by atoms with E-state index in [1.807, 2.05) is 12.1 Å². The molecule has 2 aliphatic rings. The van der Waals surface area contributed by atoms with Crippen molar-refractivity contribution in [3.8, 4) is 5.75 Å². The average molecular weight is 288 g/mol. The molecule has 0 spiro atoms. The van der Waals surface area contributed by atoms with Gasteiger partial charge in [0.2, 0.25) is 0 Å². The molecule has 0 radical (unpaired) electrons. The summed E-state index contributed by atoms with van der Waals surface area (Å²) in [4.78, 5) is 2.59. The lowest BCUT2D eigenvalue weighted by atomic mass is 9.87. The van der Waals surface area contributed by atoms with Crippen molar-refractivity contribution in [1.29, 1.82) is 0 Å². The van der Waals surface area contributed by atoms with Crippen molar-refractivity contribution in [2.24, 2.45) is 5.92 Å². The number of hydrogen-bond acceptors (Lipinski definition) is 3. The molecule has 1 saturated heterocycles. The topological polar surface area (TPSA) is 35.5 Å². The molecule has 21 heavy (non-hydrogen) atoms. The number of phenols is 1. The molecular formula is C18H28N2O. The first kappa shape index (κ1) is 14.9. The Morgan fingerprint density at radius 1 is 1.24 bits per heavy atom. The average Bonchev–Trinajstić information content (AvgIpc) is 2.49. The normalized spacial score (nSPS) is 24.0. The number of aromatic hydroxyl groups is 1. The Balaban J connectivity index is 1.50. The zero-order valence-corrected chi connectivity index (χ0v) is 13.1. The lowest BCUT2D eigenvalue weighted by Gasteiger charge is -2.32. The fraction of sp³-hybridized carbons (Fsp3) is 0.667. The first-order valence-electron chi connectivity index (χ1n) is 8.50. The van der Waals surface area contributed by atoms with E-state index < -0.39 is 0 Å². The molecule has 1 aromatic rings. The maximum Gasteiger partial charge on any atom is 0.115 e. The monoisotopic (exact) mass is 288 g/mol. The summed E-state index contributed by atoms with van der Waals surface area (Å²) in [5.74, 6) is 1.31. The minimum atomic E-state index is 0.400. The minimum absolute atomic E-state index is 0.400. The van der Waals surface area contributed by atoms with Gasteiger partial charge in [-0.3, -0.25) is 0 Å². The molecular weight excluding hydrogens is 260 g/mol. The molecule has 0 aromatic heterocycles. The Bertz CT molecular complexity index is 466. The second-order valence-corrected chi connectivity index (χ2v) is 6.81. The molecule has 3 heteroatoms. The number of nitrogens with one attached hydrogen (secondary N) is 1. The van der Waals surface area contributed by atoms with Crippen molar-refractivity contribution >= 4 is 0 Å². The van der Waals surface area contributed by atoms with Gasteiger partial charge in [-0.15, -0.1) is 0 Å². The highest BCUT2D eigenvalue weighted by molar-refractivity contribution is 5.38. The zero-order chi connectivity index (χ0) is 14.7. The Hall–Kier alpha value is -1.06. The summed E-state index contributed by atoms with van der Waals surface area (Å²) in [5, 5.41) is 13.3. The van der Waals surface area contributed by atoms with Crippen molar-refractivity contribution in [3.05, 3.63) is 29.3 Å². The molecule has 116 valence electrons. The van der Waals surface area contributed by atoms with Gasteiger partial charge in [0, 0.05) is 19.1 Å². The van der Waals surface area contributed by atoms with E-state index in [0.717, 1.165) is 25.4 Å². The van der Waals surface area contributed by atoms with Crippen LogP contribution in [-0.2, 0) is 6.42 Å². The summed E-state index contributed by atoms with van der Waals surface area (Å²) in [5.41, 5.74) is 2.72. The molecule has 2 N–H and O–H groups in total. The van der Waals surface area contributed by atoms with Crippen molar-refractivity contribution in [3.63, 3.8) is 0 Å². The SMILES string of the molecule is CC1CCN(CCNC2CCCc3cc(O)ccc32)CC1. The maximum absolute atomic E-state index is 9.62. The van der Waals surface area contributed by atoms with E-state index in [1.165, 1.54) is 49.9 Å². The van der Waals surface area contributed by atoms with Crippen LogP contribution in [0.2, 0.25) is 0 Å². The van der Waals surface area contributed by atoms with Crippen molar-refractivity contribution in [2.45, 2.75) is 45.1 Å². The van der Waals surface area contributed by atoms with Gasteiger partial charge in [-0.1, -0.05) is 13.0 Å². The largest absolute Gasteiger partial charge is 0.508 e. The first-order chi connectivity index (χ1) is 10.2. The molecule has 1 atom stereocenters. The zero-order valence-electron chi connectivity index (χ0n) is 13.1. The molecule has 0 amide bonds. The van der Waals surface area contributed by atoms with E-state index in [4.69, 9.17) is 0 Å². The third-order valence-electron chi connectivity index (χ3n) is 5.14. The number of benzene rings is 1. The Morgan fingerprint density at radius 2 is 2.05 bits per heavy atom. The maximum atomic E-state index is 9.62. The number of rotatable bonds is 4. The van der Waals surface area contributed by atoms with Gasteiger partial charge in [-0.25, -0.2) is 0 Å². The molecule has 1 aliphatic carbocycles. The summed E-state index contributed by atoms with van der Waals surface area (Å²) >= 11 is 0. The molecule has 1 unspecified atom stereocenters. The summed E-state index contributed by atoms with van der Waals surface area (Å²) in [6.45, 7) is 7.12. The summed E-state index contributed by atoms with van der Waals surface area (Å²) in [7, 11) is 0. The van der Waals surface area contributed by atoms with Gasteiger partial charge in [-0.2, -0.15) is 0 Å². The fourth-order valence-electron chi connectivity index (χ4n) is 3.70. The number of likely N-dealkylation sites (tertiary alicyclic amines) is 1. The number of hydrogen-bond donors (Lipinski definition) is 2. The number of phenolic OH excluding ortho intramolecular Hbond substituents is 1. The molecule has 1 fully saturated rings. The van der Waals surface area contributed by atoms with E-state index in [9.17, 15) is 5.11 Å². The lowest BCUT2D eigenvalue weighted by Crippen LogP contribution is -2.39. The number of piperidine rings is 1. The van der Waals surface area contributed by atoms with Gasteiger partial charge in [-0.05, 0) is 74.4 Å². The van der Waals surface area contributed by atoms with Crippen LogP contribution in [0.15, 0.2) is 18.2 Å². The van der Waals surface area contributed by atoms with Crippen molar-refractivity contribution < 1.29 is 5.11 Å². The molecule has 0 bridgehead atoms. The summed E-state index contributed by atoms with van der Waals surface area (Å²) in [6.07, 6.45) is 6.24. The van der Waals surface area contributed by atoms with Gasteiger partial charge in [0.25, 0.3) is 0 Å². The Morgan fingerprint density at radius 3 is 2.86 bits per heavy atom. The van der Waals surface area contributed by atoms with Crippen LogP contribution in [0.4, 0.5) is 0 Å². The van der Waals surface area contributed by atoms with Crippen LogP contribution in [0.5, 0.6) is 5.75 Å². The molecule has 3 nitrogen and oxygen atoms in total. The smallest absolute Gasteiger partial charge is 0.115 e. The second-order valence-electron chi connectivity index (χ2n) is 6.81. The minimum Gasteiger partial charge on any atom is -0.508 e. The highest BCUT2D eigenvalue weighted by atomic mass is 16.3. The summed E-state index contributed by atoms with van der Waals surface area (Å²) < 4.78 is 0. The number of nitrogens with zero attached hydrogens (tertiary/aromatic N) is 1. The Kier molecular flexibility index (Phi) is 4.81. The van der Waals surface area contributed by atoms with Crippen LogP contribution in [0.25, 0.3) is 0 Å². The van der Waals surface area contributed by atoms with Crippen LogP contribution in [0, 0.1) is 5.92 Å². The van der Waals surface area contributed by atoms with E-state index in [-0.39, 0.29) is 0 Å². The standard InChI is InChI=1S/C18H28N2O/c1-14-7-10-20(11-8-14)12-9-19-18-4-2-3-15-13-16(21)5-6-17(15)18/h5-6,13-14,18-19,21H,2-4,7-12H2,1H3. The molecule has 1 aliphatic heterocycles. The predicted octanol–water partition coefficient (Wildman–Crippen LogP) is 3.09. The van der Waals surface area contributed by atoms with Crippen LogP contribution >= 0.6 is 0 Å². The quantitative estimate of drug-likeness (QED) is 0.893. The van der Waals surface area contributed by atoms with Gasteiger partial charge in [0.15, 0.2) is 0 Å². The lowest BCUT2D eigenvalue weighted by molar-refractivity contribution is 0.190. The predicted molar refractivity (Wildman–Crippen MR) is 86.6 cm³/mol. The van der Waals surface area contributed by atoms with Gasteiger partial charge in [0.05, 0.1) is 0 Å². The molecule has 1 heterocycles. The molecule has 3 rings (SSSR count). The first-order valence-corrected chi connectivity index (χ1v) is 8.50. The number of fused-ring (bicyclic) bond motifs is 1. The van der Waals surface area contributed by atoms with Crippen molar-refractivity contribution in [2.75, 3.05) is 26.2 Å². The van der Waals surface area contributed by atoms with E-state index in [2.05, 4.69) is 23.2 Å². The van der Waals surface area contributed by atoms with Crippen molar-refractivity contribution in [1.82, 2.24) is 10.2 Å². The fourth-order valence-corrected chi connectivity index (χ4v) is 3.70. The van der Waals surface area contributed by atoms with Crippen LogP contribution in [0.1, 0.15) is 49.8 Å². The van der Waals surface area contributed by atoms with Gasteiger partial charge < -0.3 is 15.3 Å². The van der Waals surface area contributed by atoms with E-state index in [1.54, 1.807) is 0 Å². The van der Waals surface area contributed by atoms with Crippen LogP contribution < -0.4 is 5.32 Å². The molecule has 1 aromatic carbocycles. The Labute approximate surface area is 128 Å². The third kappa shape index (κ3) is 3.78. The highest BCUT2D eigenvalue weighted by Crippen LogP contribution is 2.31. The second kappa shape index (κ2) is 6.80. The highest BCUT2D eigenvalue weighted by Gasteiger charge is 2.20.